The van der Waals surface area contributed by atoms with E-state index in [4.69, 9.17) is 9.15 Å². The third kappa shape index (κ3) is 4.32. The summed E-state index contributed by atoms with van der Waals surface area (Å²) in [5, 5.41) is 7.70. The van der Waals surface area contributed by atoms with Crippen LogP contribution in [0.1, 0.15) is 12.5 Å². The molecule has 146 valence electrons. The summed E-state index contributed by atoms with van der Waals surface area (Å²) in [4.78, 5) is 27.6. The van der Waals surface area contributed by atoms with Crippen LogP contribution in [0.15, 0.2) is 76.5 Å². The van der Waals surface area contributed by atoms with Gasteiger partial charge in [0.25, 0.3) is 5.91 Å². The predicted molar refractivity (Wildman–Crippen MR) is 106 cm³/mol. The first-order chi connectivity index (χ1) is 14.1. The Morgan fingerprint density at radius 3 is 2.72 bits per heavy atom. The number of nitrogens with one attached hydrogen (secondary N) is 1. The lowest BCUT2D eigenvalue weighted by Gasteiger charge is -2.15. The van der Waals surface area contributed by atoms with Crippen molar-refractivity contribution in [2.45, 2.75) is 19.6 Å². The van der Waals surface area contributed by atoms with Crippen LogP contribution in [0, 0.1) is 0 Å². The summed E-state index contributed by atoms with van der Waals surface area (Å²) >= 11 is 0. The molecule has 0 aliphatic carbocycles. The molecule has 0 aliphatic heterocycles. The number of hydrogen-bond acceptors (Lipinski definition) is 6. The van der Waals surface area contributed by atoms with Crippen molar-refractivity contribution in [3.63, 3.8) is 0 Å². The molecule has 0 saturated carbocycles. The largest absolute Gasteiger partial charge is 0.481 e. The molecule has 1 amide bonds. The lowest BCUT2D eigenvalue weighted by Crippen LogP contribution is -2.35. The minimum atomic E-state index is -0.711. The predicted octanol–water partition coefficient (Wildman–Crippen LogP) is 2.46. The molecular formula is C21H18N4O4. The minimum Gasteiger partial charge on any atom is -0.481 e. The van der Waals surface area contributed by atoms with Gasteiger partial charge in [-0.2, -0.15) is 5.10 Å². The van der Waals surface area contributed by atoms with Crippen LogP contribution in [-0.4, -0.2) is 26.8 Å². The molecule has 0 saturated heterocycles. The number of carbonyl (C=O) groups is 1. The lowest BCUT2D eigenvalue weighted by molar-refractivity contribution is -0.127. The number of hydrogen-bond donors (Lipinski definition) is 1. The van der Waals surface area contributed by atoms with E-state index in [0.717, 1.165) is 16.6 Å². The van der Waals surface area contributed by atoms with E-state index in [1.165, 1.54) is 12.4 Å². The van der Waals surface area contributed by atoms with Gasteiger partial charge in [-0.25, -0.2) is 14.5 Å². The standard InChI is InChI=1S/C21H18N4O4/c1-14(28-18-8-4-16-5-9-20(26)29-19(16)10-18)21(27)23-11-15-2-6-17(7-3-15)25-13-22-12-24-25/h2-10,12-14H,11H2,1H3,(H,23,27). The zero-order valence-corrected chi connectivity index (χ0v) is 15.6. The third-order valence-electron chi connectivity index (χ3n) is 4.36. The molecule has 29 heavy (non-hydrogen) atoms. The average Bonchev–Trinajstić information content (AvgIpc) is 3.27. The molecule has 0 spiro atoms. The van der Waals surface area contributed by atoms with Gasteiger partial charge >= 0.3 is 5.63 Å². The second kappa shape index (κ2) is 7.97. The van der Waals surface area contributed by atoms with Gasteiger partial charge in [0.2, 0.25) is 0 Å². The Morgan fingerprint density at radius 1 is 1.17 bits per heavy atom. The summed E-state index contributed by atoms with van der Waals surface area (Å²) in [5.74, 6) is 0.201. The Morgan fingerprint density at radius 2 is 1.97 bits per heavy atom. The number of ether oxygens (including phenoxy) is 1. The lowest BCUT2D eigenvalue weighted by atomic mass is 10.2. The molecule has 1 N–H and O–H groups in total. The van der Waals surface area contributed by atoms with Gasteiger partial charge in [-0.15, -0.1) is 0 Å². The maximum Gasteiger partial charge on any atom is 0.336 e. The van der Waals surface area contributed by atoms with Gasteiger partial charge in [0.05, 0.1) is 5.69 Å². The second-order valence-corrected chi connectivity index (χ2v) is 6.44. The van der Waals surface area contributed by atoms with Crippen LogP contribution in [0.25, 0.3) is 16.7 Å². The van der Waals surface area contributed by atoms with E-state index in [0.29, 0.717) is 17.9 Å². The monoisotopic (exact) mass is 390 g/mol. The van der Waals surface area contributed by atoms with E-state index >= 15 is 0 Å². The van der Waals surface area contributed by atoms with Crippen LogP contribution in [-0.2, 0) is 11.3 Å². The summed E-state index contributed by atoms with van der Waals surface area (Å²) in [5.41, 5.74) is 1.81. The molecule has 0 bridgehead atoms. The highest BCUT2D eigenvalue weighted by molar-refractivity contribution is 5.81. The number of aromatic nitrogens is 3. The minimum absolute atomic E-state index is 0.250. The van der Waals surface area contributed by atoms with Gasteiger partial charge in [0.15, 0.2) is 6.10 Å². The van der Waals surface area contributed by atoms with Gasteiger partial charge in [-0.1, -0.05) is 12.1 Å². The molecule has 8 nitrogen and oxygen atoms in total. The van der Waals surface area contributed by atoms with Crippen molar-refractivity contribution in [2.24, 2.45) is 0 Å². The maximum atomic E-state index is 12.4. The number of nitrogens with zero attached hydrogens (tertiary/aromatic N) is 3. The highest BCUT2D eigenvalue weighted by Crippen LogP contribution is 2.20. The molecule has 8 heteroatoms. The molecule has 0 radical (unpaired) electrons. The number of benzene rings is 2. The van der Waals surface area contributed by atoms with Crippen LogP contribution in [0.4, 0.5) is 0 Å². The molecule has 0 aliphatic rings. The number of amides is 1. The number of carbonyl (C=O) groups excluding carboxylic acids is 1. The fourth-order valence-electron chi connectivity index (χ4n) is 2.81. The normalized spacial score (nSPS) is 11.9. The Balaban J connectivity index is 1.35. The first-order valence-electron chi connectivity index (χ1n) is 9.01. The number of rotatable bonds is 6. The Hall–Kier alpha value is -3.94. The molecule has 4 aromatic rings. The summed E-state index contributed by atoms with van der Waals surface area (Å²) in [6, 6.07) is 15.8. The Labute approximate surface area is 165 Å². The third-order valence-corrected chi connectivity index (χ3v) is 4.36. The Kier molecular flexibility index (Phi) is 5.07. The summed E-state index contributed by atoms with van der Waals surface area (Å²) in [7, 11) is 0. The van der Waals surface area contributed by atoms with E-state index in [2.05, 4.69) is 15.4 Å². The summed E-state index contributed by atoms with van der Waals surface area (Å²) in [6.45, 7) is 2.03. The molecule has 4 rings (SSSR count). The molecule has 1 unspecified atom stereocenters. The van der Waals surface area contributed by atoms with Crippen LogP contribution in [0.2, 0.25) is 0 Å². The van der Waals surface area contributed by atoms with Crippen molar-refractivity contribution in [1.82, 2.24) is 20.1 Å². The zero-order valence-electron chi connectivity index (χ0n) is 15.6. The van der Waals surface area contributed by atoms with Crippen LogP contribution in [0.5, 0.6) is 5.75 Å². The van der Waals surface area contributed by atoms with E-state index < -0.39 is 11.7 Å². The molecule has 1 atom stereocenters. The Bertz CT molecular complexity index is 1180. The van der Waals surface area contributed by atoms with Crippen molar-refractivity contribution < 1.29 is 13.9 Å². The average molecular weight is 390 g/mol. The van der Waals surface area contributed by atoms with Gasteiger partial charge in [-0.05, 0) is 42.8 Å². The highest BCUT2D eigenvalue weighted by atomic mass is 16.5. The first kappa shape index (κ1) is 18.4. The van der Waals surface area contributed by atoms with Crippen molar-refractivity contribution in [2.75, 3.05) is 0 Å². The van der Waals surface area contributed by atoms with Crippen molar-refractivity contribution >= 4 is 16.9 Å². The first-order valence-corrected chi connectivity index (χ1v) is 9.01. The zero-order chi connectivity index (χ0) is 20.2. The topological polar surface area (TPSA) is 99.2 Å². The highest BCUT2D eigenvalue weighted by Gasteiger charge is 2.15. The smallest absolute Gasteiger partial charge is 0.336 e. The van der Waals surface area contributed by atoms with Gasteiger partial charge in [-0.3, -0.25) is 4.79 Å². The van der Waals surface area contributed by atoms with Crippen molar-refractivity contribution in [3.05, 3.63) is 83.2 Å². The van der Waals surface area contributed by atoms with Gasteiger partial charge < -0.3 is 14.5 Å². The molecule has 2 aromatic heterocycles. The van der Waals surface area contributed by atoms with E-state index in [-0.39, 0.29) is 5.91 Å². The SMILES string of the molecule is CC(Oc1ccc2ccc(=O)oc2c1)C(=O)NCc1ccc(-n2cncn2)cc1. The van der Waals surface area contributed by atoms with Crippen LogP contribution < -0.4 is 15.7 Å². The number of fused-ring (bicyclic) bond motifs is 1. The fraction of sp³-hybridized carbons (Fsp3) is 0.143. The second-order valence-electron chi connectivity index (χ2n) is 6.44. The molecule has 0 fully saturated rings. The fourth-order valence-corrected chi connectivity index (χ4v) is 2.81. The molecule has 2 heterocycles. The van der Waals surface area contributed by atoms with Gasteiger partial charge in [0.1, 0.15) is 24.0 Å². The summed E-state index contributed by atoms with van der Waals surface area (Å²) < 4.78 is 12.5. The molecular weight excluding hydrogens is 372 g/mol. The quantitative estimate of drug-likeness (QED) is 0.508. The van der Waals surface area contributed by atoms with E-state index in [1.807, 2.05) is 24.3 Å². The van der Waals surface area contributed by atoms with Crippen molar-refractivity contribution in [3.8, 4) is 11.4 Å². The van der Waals surface area contributed by atoms with Crippen LogP contribution in [0.3, 0.4) is 0 Å². The van der Waals surface area contributed by atoms with Crippen molar-refractivity contribution in [1.29, 1.82) is 0 Å². The van der Waals surface area contributed by atoms with Gasteiger partial charge in [0, 0.05) is 24.1 Å². The maximum absolute atomic E-state index is 12.4. The van der Waals surface area contributed by atoms with Crippen LogP contribution >= 0.6 is 0 Å². The van der Waals surface area contributed by atoms with E-state index in [9.17, 15) is 9.59 Å². The van der Waals surface area contributed by atoms with E-state index in [1.54, 1.807) is 42.2 Å². The molecule has 2 aromatic carbocycles. The summed E-state index contributed by atoms with van der Waals surface area (Å²) in [6.07, 6.45) is 2.38.